The second kappa shape index (κ2) is 6.91. The first-order valence-corrected chi connectivity index (χ1v) is 6.92. The zero-order valence-corrected chi connectivity index (χ0v) is 12.5. The van der Waals surface area contributed by atoms with Gasteiger partial charge in [0.25, 0.3) is 0 Å². The second-order valence-corrected chi connectivity index (χ2v) is 5.86. The van der Waals surface area contributed by atoms with Gasteiger partial charge < -0.3 is 10.2 Å². The van der Waals surface area contributed by atoms with E-state index in [1.807, 2.05) is 0 Å². The van der Waals surface area contributed by atoms with Crippen molar-refractivity contribution in [2.24, 2.45) is 5.41 Å². The summed E-state index contributed by atoms with van der Waals surface area (Å²) in [5.74, 6) is 0. The smallest absolute Gasteiger partial charge is 0.0381 e. The van der Waals surface area contributed by atoms with E-state index >= 15 is 0 Å². The van der Waals surface area contributed by atoms with Crippen molar-refractivity contribution >= 4 is 0 Å². The first-order chi connectivity index (χ1) is 8.51. The number of rotatable bonds is 7. The molecular weight excluding hydrogens is 220 g/mol. The molecule has 0 aliphatic rings. The van der Waals surface area contributed by atoms with E-state index in [0.717, 1.165) is 13.1 Å². The zero-order valence-electron chi connectivity index (χ0n) is 12.5. The minimum Gasteiger partial charge on any atom is -0.313 e. The first kappa shape index (κ1) is 15.2. The Kier molecular flexibility index (Phi) is 5.83. The van der Waals surface area contributed by atoms with Gasteiger partial charge in [-0.3, -0.25) is 0 Å². The van der Waals surface area contributed by atoms with Gasteiger partial charge in [0.15, 0.2) is 0 Å². The Bertz CT molecular complexity index is 332. The Hall–Kier alpha value is -0.860. The average Bonchev–Trinajstić information content (AvgIpc) is 2.30. The molecule has 0 fully saturated rings. The number of nitrogens with one attached hydrogen (secondary N) is 1. The van der Waals surface area contributed by atoms with Crippen molar-refractivity contribution < 1.29 is 0 Å². The van der Waals surface area contributed by atoms with Gasteiger partial charge >= 0.3 is 0 Å². The molecule has 0 spiro atoms. The number of nitrogens with zero attached hydrogens (tertiary/aromatic N) is 1. The highest BCUT2D eigenvalue weighted by molar-refractivity contribution is 5.21. The fraction of sp³-hybridized carbons (Fsp3) is 0.625. The van der Waals surface area contributed by atoms with E-state index in [1.165, 1.54) is 12.0 Å². The highest BCUT2D eigenvalue weighted by Gasteiger charge is 2.30. The first-order valence-electron chi connectivity index (χ1n) is 6.92. The van der Waals surface area contributed by atoms with Gasteiger partial charge in [-0.15, -0.1) is 0 Å². The molecule has 0 saturated heterocycles. The van der Waals surface area contributed by atoms with E-state index in [1.54, 1.807) is 0 Å². The van der Waals surface area contributed by atoms with Crippen LogP contribution in [0.15, 0.2) is 30.3 Å². The molecule has 1 aromatic carbocycles. The second-order valence-electron chi connectivity index (χ2n) is 5.86. The highest BCUT2D eigenvalue weighted by atomic mass is 15.1. The van der Waals surface area contributed by atoms with Gasteiger partial charge in [-0.25, -0.2) is 0 Å². The molecule has 2 nitrogen and oxygen atoms in total. The van der Waals surface area contributed by atoms with Crippen LogP contribution in [0.3, 0.4) is 0 Å². The maximum absolute atomic E-state index is 3.48. The third-order valence-corrected chi connectivity index (χ3v) is 3.49. The Balaban J connectivity index is 2.80. The molecule has 1 atom stereocenters. The lowest BCUT2D eigenvalue weighted by molar-refractivity contribution is 0.161. The third kappa shape index (κ3) is 4.11. The van der Waals surface area contributed by atoms with E-state index in [9.17, 15) is 0 Å². The Morgan fingerprint density at radius 3 is 2.33 bits per heavy atom. The monoisotopic (exact) mass is 248 g/mol. The lowest BCUT2D eigenvalue weighted by atomic mass is 9.80. The predicted octanol–water partition coefficient (Wildman–Crippen LogP) is 3.32. The molecule has 102 valence electrons. The Morgan fingerprint density at radius 1 is 1.22 bits per heavy atom. The van der Waals surface area contributed by atoms with Gasteiger partial charge in [-0.2, -0.15) is 0 Å². The Labute approximate surface area is 112 Å². The van der Waals surface area contributed by atoms with Crippen LogP contribution in [-0.4, -0.2) is 32.1 Å². The van der Waals surface area contributed by atoms with Crippen LogP contribution in [0.4, 0.5) is 0 Å². The van der Waals surface area contributed by atoms with Crippen molar-refractivity contribution in [3.05, 3.63) is 35.9 Å². The summed E-state index contributed by atoms with van der Waals surface area (Å²) in [5, 5.41) is 3.48. The van der Waals surface area contributed by atoms with E-state index in [-0.39, 0.29) is 5.41 Å². The normalized spacial score (nSPS) is 13.9. The van der Waals surface area contributed by atoms with Gasteiger partial charge in [0.05, 0.1) is 0 Å². The standard InChI is InChI=1S/C16H28N2/c1-6-12-18(5)13-16(2,3)15(17-4)14-10-8-7-9-11-14/h7-11,15,17H,6,12-13H2,1-5H3. The molecule has 0 bridgehead atoms. The van der Waals surface area contributed by atoms with Crippen LogP contribution in [0.1, 0.15) is 38.8 Å². The third-order valence-electron chi connectivity index (χ3n) is 3.49. The summed E-state index contributed by atoms with van der Waals surface area (Å²) in [7, 11) is 4.27. The van der Waals surface area contributed by atoms with Gasteiger partial charge in [-0.1, -0.05) is 51.1 Å². The molecular formula is C16H28N2. The maximum atomic E-state index is 3.48. The minimum absolute atomic E-state index is 0.208. The van der Waals surface area contributed by atoms with Crippen molar-refractivity contribution in [2.45, 2.75) is 33.2 Å². The van der Waals surface area contributed by atoms with Crippen LogP contribution in [0, 0.1) is 5.41 Å². The molecule has 0 radical (unpaired) electrons. The van der Waals surface area contributed by atoms with E-state index < -0.39 is 0 Å². The predicted molar refractivity (Wildman–Crippen MR) is 79.8 cm³/mol. The SMILES string of the molecule is CCCN(C)CC(C)(C)C(NC)c1ccccc1. The van der Waals surface area contributed by atoms with Crippen LogP contribution < -0.4 is 5.32 Å². The van der Waals surface area contributed by atoms with Gasteiger partial charge in [0.1, 0.15) is 0 Å². The number of hydrogen-bond acceptors (Lipinski definition) is 2. The van der Waals surface area contributed by atoms with E-state index in [2.05, 4.69) is 75.4 Å². The van der Waals surface area contributed by atoms with Crippen LogP contribution in [0.2, 0.25) is 0 Å². The van der Waals surface area contributed by atoms with Gasteiger partial charge in [0.2, 0.25) is 0 Å². The molecule has 18 heavy (non-hydrogen) atoms. The van der Waals surface area contributed by atoms with E-state index in [4.69, 9.17) is 0 Å². The number of benzene rings is 1. The van der Waals surface area contributed by atoms with Crippen molar-refractivity contribution in [2.75, 3.05) is 27.2 Å². The molecule has 0 aliphatic carbocycles. The molecule has 0 amide bonds. The molecule has 0 heterocycles. The van der Waals surface area contributed by atoms with Crippen LogP contribution >= 0.6 is 0 Å². The zero-order chi connectivity index (χ0) is 13.6. The molecule has 0 saturated carbocycles. The Morgan fingerprint density at radius 2 is 1.83 bits per heavy atom. The summed E-state index contributed by atoms with van der Waals surface area (Å²) in [4.78, 5) is 2.42. The molecule has 0 aliphatic heterocycles. The van der Waals surface area contributed by atoms with Crippen molar-refractivity contribution in [1.29, 1.82) is 0 Å². The summed E-state index contributed by atoms with van der Waals surface area (Å²) in [5.41, 5.74) is 1.58. The average molecular weight is 248 g/mol. The van der Waals surface area contributed by atoms with Gasteiger partial charge in [-0.05, 0) is 38.0 Å². The lowest BCUT2D eigenvalue weighted by Crippen LogP contribution is -2.41. The lowest BCUT2D eigenvalue weighted by Gasteiger charge is -2.37. The minimum atomic E-state index is 0.208. The molecule has 1 N–H and O–H groups in total. The molecule has 0 aromatic heterocycles. The van der Waals surface area contributed by atoms with Crippen molar-refractivity contribution in [3.8, 4) is 0 Å². The summed E-state index contributed by atoms with van der Waals surface area (Å²) in [6.45, 7) is 9.17. The summed E-state index contributed by atoms with van der Waals surface area (Å²) < 4.78 is 0. The summed E-state index contributed by atoms with van der Waals surface area (Å²) >= 11 is 0. The highest BCUT2D eigenvalue weighted by Crippen LogP contribution is 2.33. The maximum Gasteiger partial charge on any atom is 0.0381 e. The van der Waals surface area contributed by atoms with E-state index in [0.29, 0.717) is 6.04 Å². The van der Waals surface area contributed by atoms with Crippen molar-refractivity contribution in [3.63, 3.8) is 0 Å². The van der Waals surface area contributed by atoms with Crippen LogP contribution in [0.5, 0.6) is 0 Å². The van der Waals surface area contributed by atoms with Crippen LogP contribution in [-0.2, 0) is 0 Å². The molecule has 1 unspecified atom stereocenters. The fourth-order valence-electron chi connectivity index (χ4n) is 2.90. The fourth-order valence-corrected chi connectivity index (χ4v) is 2.90. The topological polar surface area (TPSA) is 15.3 Å². The van der Waals surface area contributed by atoms with Crippen molar-refractivity contribution in [1.82, 2.24) is 10.2 Å². The summed E-state index contributed by atoms with van der Waals surface area (Å²) in [6.07, 6.45) is 1.21. The quantitative estimate of drug-likeness (QED) is 0.796. The number of hydrogen-bond donors (Lipinski definition) is 1. The molecule has 2 heteroatoms. The molecule has 1 rings (SSSR count). The largest absolute Gasteiger partial charge is 0.313 e. The summed E-state index contributed by atoms with van der Waals surface area (Å²) in [6, 6.07) is 11.1. The molecule has 1 aromatic rings. The van der Waals surface area contributed by atoms with Crippen LogP contribution in [0.25, 0.3) is 0 Å². The van der Waals surface area contributed by atoms with Gasteiger partial charge in [0, 0.05) is 12.6 Å².